The van der Waals surface area contributed by atoms with Gasteiger partial charge in [-0.05, 0) is 6.92 Å². The lowest BCUT2D eigenvalue weighted by Crippen LogP contribution is -2.13. The van der Waals surface area contributed by atoms with Crippen molar-refractivity contribution < 1.29 is 0 Å². The lowest BCUT2D eigenvalue weighted by molar-refractivity contribution is 1.09. The number of aromatic amines is 1. The zero-order valence-electron chi connectivity index (χ0n) is 6.51. The molecule has 1 heterocycles. The molecule has 0 saturated carbocycles. The van der Waals surface area contributed by atoms with Gasteiger partial charge in [0.05, 0.1) is 6.20 Å². The van der Waals surface area contributed by atoms with Crippen LogP contribution in [0.4, 0.5) is 11.5 Å². The van der Waals surface area contributed by atoms with Crippen molar-refractivity contribution >= 4 is 11.5 Å². The second-order valence-electron chi connectivity index (χ2n) is 2.02. The van der Waals surface area contributed by atoms with Gasteiger partial charge in [-0.2, -0.15) is 4.98 Å². The zero-order valence-corrected chi connectivity index (χ0v) is 6.51. The van der Waals surface area contributed by atoms with Crippen LogP contribution < -0.4 is 16.7 Å². The maximum Gasteiger partial charge on any atom is 0.346 e. The van der Waals surface area contributed by atoms with E-state index in [1.165, 1.54) is 6.20 Å². The van der Waals surface area contributed by atoms with Crippen molar-refractivity contribution in [2.45, 2.75) is 6.92 Å². The fourth-order valence-corrected chi connectivity index (χ4v) is 0.637. The highest BCUT2D eigenvalue weighted by Gasteiger charge is 1.96. The molecule has 12 heavy (non-hydrogen) atoms. The average molecular weight is 164 g/mol. The van der Waals surface area contributed by atoms with Gasteiger partial charge in [0, 0.05) is 6.04 Å². The Morgan fingerprint density at radius 1 is 1.75 bits per heavy atom. The van der Waals surface area contributed by atoms with Crippen molar-refractivity contribution in [3.8, 4) is 12.0 Å². The van der Waals surface area contributed by atoms with Crippen LogP contribution in [-0.4, -0.2) is 9.97 Å². The van der Waals surface area contributed by atoms with Crippen LogP contribution >= 0.6 is 0 Å². The lowest BCUT2D eigenvalue weighted by atomic mass is 10.5. The Morgan fingerprint density at radius 3 is 3.08 bits per heavy atom. The predicted octanol–water partition coefficient (Wildman–Crippen LogP) is -0.255. The number of aromatic nitrogens is 2. The third-order valence-corrected chi connectivity index (χ3v) is 1.16. The maximum atomic E-state index is 10.6. The smallest absolute Gasteiger partial charge is 0.346 e. The van der Waals surface area contributed by atoms with Crippen LogP contribution in [-0.2, 0) is 0 Å². The van der Waals surface area contributed by atoms with E-state index >= 15 is 0 Å². The van der Waals surface area contributed by atoms with Crippen molar-refractivity contribution in [2.75, 3.05) is 11.1 Å². The minimum atomic E-state index is -0.470. The van der Waals surface area contributed by atoms with E-state index in [0.717, 1.165) is 0 Å². The molecular formula is C7H8N4O. The first-order chi connectivity index (χ1) is 5.74. The van der Waals surface area contributed by atoms with Crippen molar-refractivity contribution in [2.24, 2.45) is 0 Å². The minimum Gasteiger partial charge on any atom is -0.383 e. The molecule has 5 heteroatoms. The lowest BCUT2D eigenvalue weighted by Gasteiger charge is -1.99. The highest BCUT2D eigenvalue weighted by Crippen LogP contribution is 2.08. The molecule has 5 nitrogen and oxygen atoms in total. The number of rotatable bonds is 1. The molecule has 1 aromatic rings. The molecule has 0 aromatic carbocycles. The van der Waals surface area contributed by atoms with Crippen molar-refractivity contribution in [1.29, 1.82) is 0 Å². The Labute approximate surface area is 69.0 Å². The highest BCUT2D eigenvalue weighted by molar-refractivity contribution is 5.61. The van der Waals surface area contributed by atoms with Gasteiger partial charge in [0.25, 0.3) is 0 Å². The first kappa shape index (κ1) is 8.14. The van der Waals surface area contributed by atoms with Crippen LogP contribution in [0, 0.1) is 12.0 Å². The van der Waals surface area contributed by atoms with Crippen molar-refractivity contribution in [3.63, 3.8) is 0 Å². The summed E-state index contributed by atoms with van der Waals surface area (Å²) in [5.41, 5.74) is 5.47. The van der Waals surface area contributed by atoms with Crippen molar-refractivity contribution in [3.05, 3.63) is 16.7 Å². The molecule has 0 aliphatic rings. The van der Waals surface area contributed by atoms with Gasteiger partial charge >= 0.3 is 5.69 Å². The van der Waals surface area contributed by atoms with E-state index in [9.17, 15) is 4.79 Å². The Morgan fingerprint density at radius 2 is 2.50 bits per heavy atom. The molecule has 0 fully saturated rings. The highest BCUT2D eigenvalue weighted by atomic mass is 16.1. The third-order valence-electron chi connectivity index (χ3n) is 1.16. The van der Waals surface area contributed by atoms with Crippen LogP contribution in [0.15, 0.2) is 11.0 Å². The monoisotopic (exact) mass is 164 g/mol. The van der Waals surface area contributed by atoms with Gasteiger partial charge in [0.2, 0.25) is 0 Å². The molecule has 0 radical (unpaired) electrons. The molecule has 0 aliphatic heterocycles. The van der Waals surface area contributed by atoms with E-state index < -0.39 is 5.69 Å². The number of hydrogen-bond donors (Lipinski definition) is 3. The number of nitrogens with zero attached hydrogens (tertiary/aromatic N) is 1. The van der Waals surface area contributed by atoms with Gasteiger partial charge in [0.1, 0.15) is 11.5 Å². The van der Waals surface area contributed by atoms with Crippen LogP contribution in [0.5, 0.6) is 0 Å². The molecule has 0 amide bonds. The Bertz CT molecular complexity index is 384. The molecule has 1 aromatic heterocycles. The SMILES string of the molecule is CC#CNc1cnc(=O)[nH]c1N. The molecule has 0 spiro atoms. The Balaban J connectivity index is 2.99. The Hall–Kier alpha value is -1.96. The first-order valence-electron chi connectivity index (χ1n) is 3.26. The maximum absolute atomic E-state index is 10.6. The second-order valence-corrected chi connectivity index (χ2v) is 2.02. The van der Waals surface area contributed by atoms with E-state index in [1.54, 1.807) is 6.92 Å². The fraction of sp³-hybridized carbons (Fsp3) is 0.143. The van der Waals surface area contributed by atoms with Gasteiger partial charge in [-0.15, -0.1) is 0 Å². The predicted molar refractivity (Wildman–Crippen MR) is 46.3 cm³/mol. The van der Waals surface area contributed by atoms with Gasteiger partial charge in [-0.3, -0.25) is 4.98 Å². The average Bonchev–Trinajstić information content (AvgIpc) is 2.03. The van der Waals surface area contributed by atoms with Gasteiger partial charge in [0.15, 0.2) is 0 Å². The molecule has 0 atom stereocenters. The van der Waals surface area contributed by atoms with E-state index in [-0.39, 0.29) is 5.82 Å². The van der Waals surface area contributed by atoms with Gasteiger partial charge < -0.3 is 11.1 Å². The van der Waals surface area contributed by atoms with Crippen LogP contribution in [0.25, 0.3) is 0 Å². The molecule has 62 valence electrons. The topological polar surface area (TPSA) is 83.8 Å². The fourth-order valence-electron chi connectivity index (χ4n) is 0.637. The number of anilines is 2. The van der Waals surface area contributed by atoms with E-state index in [2.05, 4.69) is 27.2 Å². The quantitative estimate of drug-likeness (QED) is 0.394. The first-order valence-corrected chi connectivity index (χ1v) is 3.26. The van der Waals surface area contributed by atoms with Gasteiger partial charge in [-0.1, -0.05) is 5.92 Å². The summed E-state index contributed by atoms with van der Waals surface area (Å²) in [5, 5.41) is 2.67. The van der Waals surface area contributed by atoms with Crippen LogP contribution in [0.1, 0.15) is 6.92 Å². The third kappa shape index (κ3) is 1.76. The normalized spacial score (nSPS) is 8.42. The number of nitrogens with one attached hydrogen (secondary N) is 2. The van der Waals surface area contributed by atoms with E-state index in [4.69, 9.17) is 5.73 Å². The summed E-state index contributed by atoms with van der Waals surface area (Å²) in [6.07, 6.45) is 1.33. The summed E-state index contributed by atoms with van der Waals surface area (Å²) in [5.74, 6) is 2.86. The number of nitrogen functional groups attached to an aromatic ring is 1. The van der Waals surface area contributed by atoms with Crippen molar-refractivity contribution in [1.82, 2.24) is 9.97 Å². The second kappa shape index (κ2) is 3.44. The summed E-state index contributed by atoms with van der Waals surface area (Å²) < 4.78 is 0. The molecule has 0 bridgehead atoms. The van der Waals surface area contributed by atoms with E-state index in [0.29, 0.717) is 5.69 Å². The van der Waals surface area contributed by atoms with Crippen LogP contribution in [0.2, 0.25) is 0 Å². The molecule has 0 aliphatic carbocycles. The van der Waals surface area contributed by atoms with E-state index in [1.807, 2.05) is 0 Å². The summed E-state index contributed by atoms with van der Waals surface area (Å²) in [6, 6.07) is 2.58. The summed E-state index contributed by atoms with van der Waals surface area (Å²) in [4.78, 5) is 16.4. The molecule has 0 unspecified atom stereocenters. The number of H-pyrrole nitrogens is 1. The Kier molecular flexibility index (Phi) is 2.33. The summed E-state index contributed by atoms with van der Waals surface area (Å²) in [7, 11) is 0. The summed E-state index contributed by atoms with van der Waals surface area (Å²) >= 11 is 0. The minimum absolute atomic E-state index is 0.234. The number of nitrogens with two attached hydrogens (primary N) is 1. The van der Waals surface area contributed by atoms with Crippen LogP contribution in [0.3, 0.4) is 0 Å². The summed E-state index contributed by atoms with van der Waals surface area (Å²) in [6.45, 7) is 1.68. The zero-order chi connectivity index (χ0) is 8.97. The molecule has 4 N–H and O–H groups in total. The van der Waals surface area contributed by atoms with Gasteiger partial charge in [-0.25, -0.2) is 4.79 Å². The standard InChI is InChI=1S/C7H8N4O/c1-2-3-9-5-4-10-7(12)11-6(5)8/h4,9H,1H3,(H3,8,10,11,12). The largest absolute Gasteiger partial charge is 0.383 e. The number of hydrogen-bond acceptors (Lipinski definition) is 4. The molecular weight excluding hydrogens is 156 g/mol. The molecule has 1 rings (SSSR count). The molecule has 0 saturated heterocycles.